The summed E-state index contributed by atoms with van der Waals surface area (Å²) < 4.78 is 55.0. The van der Waals surface area contributed by atoms with E-state index in [0.717, 1.165) is 91.1 Å². The summed E-state index contributed by atoms with van der Waals surface area (Å²) in [5, 5.41) is 26.0. The Balaban J connectivity index is 0.000000301. The average Bonchev–Trinajstić information content (AvgIpc) is 1.58. The summed E-state index contributed by atoms with van der Waals surface area (Å²) >= 11 is 6.96. The zero-order chi connectivity index (χ0) is 70.6. The number of pyridine rings is 1. The molecule has 3 bridgehead atoms. The van der Waals surface area contributed by atoms with Gasteiger partial charge < -0.3 is 55.4 Å². The third-order valence-electron chi connectivity index (χ3n) is 17.1. The molecule has 4 fully saturated rings. The van der Waals surface area contributed by atoms with Crippen LogP contribution in [-0.2, 0) is 26.2 Å². The van der Waals surface area contributed by atoms with Crippen molar-refractivity contribution in [3.63, 3.8) is 0 Å². The Morgan fingerprint density at radius 3 is 1.73 bits per heavy atom. The predicted octanol–water partition coefficient (Wildman–Crippen LogP) is 16.9. The summed E-state index contributed by atoms with van der Waals surface area (Å²) in [6, 6.07) is 27.7. The maximum Gasteiger partial charge on any atom is 0.373 e. The molecule has 2 aliphatic heterocycles. The summed E-state index contributed by atoms with van der Waals surface area (Å²) in [5.74, 6) is 7.79. The third kappa shape index (κ3) is 27.9. The average molecular weight is 1480 g/mol. The molecular formula is C75H118Br2N8O10S. The van der Waals surface area contributed by atoms with Gasteiger partial charge in [-0.1, -0.05) is 57.9 Å². The van der Waals surface area contributed by atoms with Gasteiger partial charge in [0.2, 0.25) is 16.8 Å². The van der Waals surface area contributed by atoms with Crippen molar-refractivity contribution in [1.82, 2.24) is 19.5 Å². The number of methoxy groups -OCH3 is 3. The Kier molecular flexibility index (Phi) is 37.3. The van der Waals surface area contributed by atoms with E-state index in [4.69, 9.17) is 33.3 Å². The number of nitrogens with zero attached hydrogens (tertiary/aromatic N) is 3. The summed E-state index contributed by atoms with van der Waals surface area (Å²) in [6.07, 6.45) is 14.2. The number of nitrogens with one attached hydrogen (secondary N) is 5. The van der Waals surface area contributed by atoms with E-state index in [1.807, 2.05) is 31.2 Å². The molecule has 4 atom stereocenters. The van der Waals surface area contributed by atoms with E-state index < -0.39 is 10.0 Å². The molecule has 4 unspecified atom stereocenters. The first-order chi connectivity index (χ1) is 45.0. The molecule has 538 valence electrons. The van der Waals surface area contributed by atoms with Crippen LogP contribution in [0.15, 0.2) is 92.7 Å². The van der Waals surface area contributed by atoms with Crippen LogP contribution >= 0.6 is 31.9 Å². The molecule has 4 aromatic carbocycles. The van der Waals surface area contributed by atoms with Crippen LogP contribution in [0.5, 0.6) is 28.7 Å². The summed E-state index contributed by atoms with van der Waals surface area (Å²) in [6.45, 7) is 35.6. The minimum absolute atomic E-state index is 0. The zero-order valence-corrected chi connectivity index (χ0v) is 64.1. The summed E-state index contributed by atoms with van der Waals surface area (Å²) in [7, 11) is 1.20. The molecule has 5 aromatic rings. The summed E-state index contributed by atoms with van der Waals surface area (Å²) in [4.78, 5) is 23.1. The van der Waals surface area contributed by atoms with Gasteiger partial charge in [0.1, 0.15) is 11.6 Å². The number of fused-ring (bicyclic) bond motifs is 3. The maximum absolute atomic E-state index is 12.7. The number of anilines is 4. The molecule has 10 rings (SSSR count). The van der Waals surface area contributed by atoms with Gasteiger partial charge in [-0.05, 0) is 232 Å². The second kappa shape index (κ2) is 42.3. The van der Waals surface area contributed by atoms with Crippen LogP contribution in [0.25, 0.3) is 0 Å². The van der Waals surface area contributed by atoms with E-state index in [2.05, 4.69) is 202 Å². The Bertz CT molecular complexity index is 3210. The number of sulfonamides is 1. The highest BCUT2D eigenvalue weighted by Gasteiger charge is 2.53. The topological polar surface area (TPSA) is 214 Å². The Morgan fingerprint density at radius 1 is 0.635 bits per heavy atom. The number of hydrogen-bond acceptors (Lipinski definition) is 17. The lowest BCUT2D eigenvalue weighted by molar-refractivity contribution is -0.191. The van der Waals surface area contributed by atoms with Crippen molar-refractivity contribution in [2.45, 2.75) is 217 Å². The molecule has 5 aliphatic rings. The quantitative estimate of drug-likeness (QED) is 0.0377. The molecule has 3 aliphatic carbocycles. The van der Waals surface area contributed by atoms with Crippen LogP contribution in [0, 0.1) is 43.9 Å². The van der Waals surface area contributed by atoms with Crippen molar-refractivity contribution in [3.05, 3.63) is 110 Å². The van der Waals surface area contributed by atoms with Crippen molar-refractivity contribution in [2.24, 2.45) is 23.2 Å². The van der Waals surface area contributed by atoms with Crippen LogP contribution in [0.1, 0.15) is 171 Å². The van der Waals surface area contributed by atoms with Gasteiger partial charge in [-0.2, -0.15) is 13.9 Å². The summed E-state index contributed by atoms with van der Waals surface area (Å²) in [5.41, 5.74) is 8.26. The number of hydrogen-bond donors (Lipinski definition) is 6. The molecule has 18 nitrogen and oxygen atoms in total. The van der Waals surface area contributed by atoms with E-state index in [1.165, 1.54) is 59.7 Å². The van der Waals surface area contributed by atoms with Gasteiger partial charge in [0.15, 0.2) is 23.0 Å². The number of benzene rings is 4. The highest BCUT2D eigenvalue weighted by Crippen LogP contribution is 2.64. The number of unbranched alkanes of at least 4 members (excludes halogenated alkanes) is 1. The minimum Gasteiger partial charge on any atom is -0.496 e. The largest absolute Gasteiger partial charge is 0.496 e. The fraction of sp³-hybridized carbons (Fsp3) is 0.600. The van der Waals surface area contributed by atoms with E-state index in [1.54, 1.807) is 65.2 Å². The fourth-order valence-electron chi connectivity index (χ4n) is 13.0. The Labute approximate surface area is 594 Å². The minimum atomic E-state index is -3.52. The molecule has 1 saturated heterocycles. The number of aryl methyl sites for hydroxylation is 3. The van der Waals surface area contributed by atoms with Crippen LogP contribution < -0.4 is 50.3 Å². The predicted molar refractivity (Wildman–Crippen MR) is 401 cm³/mol. The number of aliphatic hydroxyl groups is 1. The molecule has 1 aromatic heterocycles. The number of aromatic nitrogens is 1. The number of ether oxygens (including phenoxy) is 5. The van der Waals surface area contributed by atoms with E-state index in [9.17, 15) is 13.5 Å². The lowest BCUT2D eigenvalue weighted by Gasteiger charge is -2.46. The molecule has 6 N–H and O–H groups in total. The van der Waals surface area contributed by atoms with Crippen molar-refractivity contribution < 1.29 is 46.8 Å². The number of aliphatic hydroxyl groups excluding tert-OH is 1. The smallest absolute Gasteiger partial charge is 0.373 e. The second-order valence-corrected chi connectivity index (χ2v) is 30.8. The molecule has 21 heteroatoms. The fourth-order valence-corrected chi connectivity index (χ4v) is 15.3. The van der Waals surface area contributed by atoms with Gasteiger partial charge in [0.05, 0.1) is 44.2 Å². The van der Waals surface area contributed by atoms with Crippen LogP contribution in [0.2, 0.25) is 0 Å². The van der Waals surface area contributed by atoms with Gasteiger partial charge in [0, 0.05) is 119 Å². The normalized spacial score (nSPS) is 18.1. The van der Waals surface area contributed by atoms with Gasteiger partial charge in [-0.15, -0.1) is 0 Å². The molecule has 0 amide bonds. The number of rotatable bonds is 21. The second-order valence-electron chi connectivity index (χ2n) is 27.2. The van der Waals surface area contributed by atoms with Gasteiger partial charge in [-0.25, -0.2) is 13.4 Å². The van der Waals surface area contributed by atoms with Crippen molar-refractivity contribution in [2.75, 3.05) is 82.1 Å². The lowest BCUT2D eigenvalue weighted by Crippen LogP contribution is -2.50. The zero-order valence-electron chi connectivity index (χ0n) is 60.1. The van der Waals surface area contributed by atoms with Crippen molar-refractivity contribution in [3.8, 4) is 28.7 Å². The van der Waals surface area contributed by atoms with Gasteiger partial charge >= 0.3 is 6.15 Å². The van der Waals surface area contributed by atoms with Crippen molar-refractivity contribution in [1.29, 1.82) is 0 Å². The van der Waals surface area contributed by atoms with Gasteiger partial charge in [-0.3, -0.25) is 4.90 Å². The first kappa shape index (κ1) is 84.6. The molecule has 3 heterocycles. The highest BCUT2D eigenvalue weighted by molar-refractivity contribution is 9.11. The Morgan fingerprint density at radius 2 is 1.19 bits per heavy atom. The van der Waals surface area contributed by atoms with Crippen LogP contribution in [-0.4, -0.2) is 131 Å². The van der Waals surface area contributed by atoms with E-state index in [0.29, 0.717) is 67.4 Å². The molecule has 0 spiro atoms. The molecule has 0 radical (unpaired) electrons. The van der Waals surface area contributed by atoms with E-state index >= 15 is 0 Å². The lowest BCUT2D eigenvalue weighted by atomic mass is 9.60. The molecule has 3 saturated carbocycles. The number of halogens is 2. The monoisotopic (exact) mass is 1480 g/mol. The number of piperazine rings is 1. The number of carbonyl (C=O) groups excluding carboxylic acids is 2. The van der Waals surface area contributed by atoms with Crippen LogP contribution in [0.3, 0.4) is 0 Å². The Hall–Kier alpha value is -5.64. The SMILES string of the molecule is C.CC(C)NCCCCC12CC3CCC1CC(C3)C2.CC(C)Nc1cc2c(cc1Br)OCO2.COc1cc(Br)c(NC(C)C)cc1OC.COc1cc(S(=O)(=O)N2CCN(C(C)C)CC2)ccc1CO.Cc1cc(C)nc(NC(C)C)c1.Cc1ccc(NC(C)C)cc1.O=C=O. The van der Waals surface area contributed by atoms with Gasteiger partial charge in [0.25, 0.3) is 0 Å². The van der Waals surface area contributed by atoms with Crippen molar-refractivity contribution >= 4 is 70.9 Å². The first-order valence-corrected chi connectivity index (χ1v) is 36.9. The van der Waals surface area contributed by atoms with Crippen LogP contribution in [0.4, 0.5) is 22.9 Å². The third-order valence-corrected chi connectivity index (χ3v) is 20.3. The molecule has 96 heavy (non-hydrogen) atoms. The highest BCUT2D eigenvalue weighted by atomic mass is 79.9. The first-order valence-electron chi connectivity index (χ1n) is 33.8. The maximum atomic E-state index is 12.7. The van der Waals surface area contributed by atoms with E-state index in [-0.39, 0.29) is 25.1 Å². The standard InChI is InChI=1S/C17H31N.C15H24N2O4S.C11H16BrNO2.C10H12BrNO2.C10H16N2.C10H15N.CO2.CH4/c1-13(2)18-8-4-3-7-17-11-14-5-6-16(17)10-15(9-14)12-17;1-12(2)16-6-8-17(9-7-16)22(19,20)14-5-4-13(11-18)15(10-14)21-3;1-7(2)13-9-6-11(15-4)10(14-3)5-8(9)12;1-6(2)12-8-4-10-9(3-7(8)11)13-5-14-10;1-7(2)11-10-6-8(3)5-9(4)12-10;1-8(2)11-10-6-4-9(3)5-7-10;2-1-3;/h13-16,18H,3-12H2,1-2H3;4-5,10,12,18H,6-9,11H2,1-3H3;5-7,13H,1-4H3;3-4,6,12H,5H2,1-2H3;5-7H,1-4H3,(H,11,12);4-8,11H,1-3H3;;1H4. The molecular weight excluding hydrogens is 1360 g/mol.